The van der Waals surface area contributed by atoms with E-state index in [0.29, 0.717) is 6.42 Å². The van der Waals surface area contributed by atoms with Crippen LogP contribution in [0, 0.1) is 6.92 Å². The second kappa shape index (κ2) is 6.90. The highest BCUT2D eigenvalue weighted by atomic mass is 35.5. The number of carbonyl (C=O) groups is 1. The minimum absolute atomic E-state index is 0. The van der Waals surface area contributed by atoms with Gasteiger partial charge in [0.15, 0.2) is 0 Å². The molecule has 2 rings (SSSR count). The molecule has 4 heteroatoms. The molecule has 3 nitrogen and oxygen atoms in total. The van der Waals surface area contributed by atoms with Gasteiger partial charge in [-0.3, -0.25) is 9.78 Å². The molecule has 19 heavy (non-hydrogen) atoms. The van der Waals surface area contributed by atoms with Crippen LogP contribution in [0.15, 0.2) is 42.6 Å². The quantitative estimate of drug-likeness (QED) is 0.930. The SMILES string of the molecule is Cc1ccccc1-c1cc(CCC(=O)O)ccn1.Cl. The maximum absolute atomic E-state index is 10.6. The summed E-state index contributed by atoms with van der Waals surface area (Å²) in [5.41, 5.74) is 4.16. The first-order valence-corrected chi connectivity index (χ1v) is 5.89. The van der Waals surface area contributed by atoms with Crippen molar-refractivity contribution < 1.29 is 9.90 Å². The number of aliphatic carboxylic acids is 1. The normalized spacial score (nSPS) is 9.74. The molecule has 1 N–H and O–H groups in total. The van der Waals surface area contributed by atoms with Crippen molar-refractivity contribution in [2.75, 3.05) is 0 Å². The van der Waals surface area contributed by atoms with Gasteiger partial charge >= 0.3 is 5.97 Å². The second-order valence-corrected chi connectivity index (χ2v) is 4.26. The van der Waals surface area contributed by atoms with Gasteiger partial charge in [0.05, 0.1) is 5.69 Å². The summed E-state index contributed by atoms with van der Waals surface area (Å²) in [7, 11) is 0. The third-order valence-electron chi connectivity index (χ3n) is 2.87. The average molecular weight is 278 g/mol. The van der Waals surface area contributed by atoms with E-state index in [0.717, 1.165) is 16.8 Å². The van der Waals surface area contributed by atoms with Crippen LogP contribution in [0.3, 0.4) is 0 Å². The highest BCUT2D eigenvalue weighted by Gasteiger charge is 2.04. The molecule has 1 aromatic heterocycles. The monoisotopic (exact) mass is 277 g/mol. The number of aryl methyl sites for hydroxylation is 2. The minimum Gasteiger partial charge on any atom is -0.481 e. The first kappa shape index (κ1) is 15.2. The van der Waals surface area contributed by atoms with Gasteiger partial charge in [-0.2, -0.15) is 0 Å². The third kappa shape index (κ3) is 4.07. The van der Waals surface area contributed by atoms with Crippen molar-refractivity contribution in [1.82, 2.24) is 4.98 Å². The molecule has 1 heterocycles. The summed E-state index contributed by atoms with van der Waals surface area (Å²) in [6, 6.07) is 11.9. The molecule has 0 spiro atoms. The van der Waals surface area contributed by atoms with Crippen LogP contribution < -0.4 is 0 Å². The maximum atomic E-state index is 10.6. The van der Waals surface area contributed by atoms with Crippen LogP contribution in [-0.4, -0.2) is 16.1 Å². The number of hydrogen-bond donors (Lipinski definition) is 1. The van der Waals surface area contributed by atoms with Crippen molar-refractivity contribution in [3.8, 4) is 11.3 Å². The van der Waals surface area contributed by atoms with Crippen LogP contribution >= 0.6 is 12.4 Å². The van der Waals surface area contributed by atoms with E-state index in [-0.39, 0.29) is 18.8 Å². The average Bonchev–Trinajstić information content (AvgIpc) is 2.37. The first-order valence-electron chi connectivity index (χ1n) is 5.89. The Morgan fingerprint density at radius 2 is 2.00 bits per heavy atom. The van der Waals surface area contributed by atoms with E-state index in [9.17, 15) is 4.79 Å². The van der Waals surface area contributed by atoms with Gasteiger partial charge in [0, 0.05) is 18.2 Å². The Bertz CT molecular complexity index is 570. The molecular weight excluding hydrogens is 262 g/mol. The van der Waals surface area contributed by atoms with Crippen LogP contribution in [0.4, 0.5) is 0 Å². The molecule has 0 saturated carbocycles. The number of halogens is 1. The van der Waals surface area contributed by atoms with Gasteiger partial charge < -0.3 is 5.11 Å². The molecule has 0 atom stereocenters. The fourth-order valence-corrected chi connectivity index (χ4v) is 1.89. The molecule has 0 unspecified atom stereocenters. The summed E-state index contributed by atoms with van der Waals surface area (Å²) in [4.78, 5) is 14.9. The third-order valence-corrected chi connectivity index (χ3v) is 2.87. The zero-order valence-electron chi connectivity index (χ0n) is 10.7. The zero-order valence-corrected chi connectivity index (χ0v) is 11.5. The van der Waals surface area contributed by atoms with E-state index < -0.39 is 5.97 Å². The Morgan fingerprint density at radius 3 is 2.68 bits per heavy atom. The van der Waals surface area contributed by atoms with E-state index >= 15 is 0 Å². The molecule has 0 aliphatic carbocycles. The molecule has 100 valence electrons. The van der Waals surface area contributed by atoms with Gasteiger partial charge in [-0.15, -0.1) is 12.4 Å². The fraction of sp³-hybridized carbons (Fsp3) is 0.200. The predicted molar refractivity (Wildman–Crippen MR) is 77.6 cm³/mol. The Morgan fingerprint density at radius 1 is 1.26 bits per heavy atom. The molecule has 0 bridgehead atoms. The summed E-state index contributed by atoms with van der Waals surface area (Å²) < 4.78 is 0. The summed E-state index contributed by atoms with van der Waals surface area (Å²) >= 11 is 0. The van der Waals surface area contributed by atoms with Gasteiger partial charge in [0.1, 0.15) is 0 Å². The summed E-state index contributed by atoms with van der Waals surface area (Å²) in [5.74, 6) is -0.774. The Balaban J connectivity index is 0.00000180. The number of aromatic nitrogens is 1. The van der Waals surface area contributed by atoms with Crippen LogP contribution in [0.25, 0.3) is 11.3 Å². The molecule has 0 saturated heterocycles. The van der Waals surface area contributed by atoms with E-state index in [1.165, 1.54) is 5.56 Å². The Kier molecular flexibility index (Phi) is 5.52. The smallest absolute Gasteiger partial charge is 0.303 e. The summed E-state index contributed by atoms with van der Waals surface area (Å²) in [6.07, 6.45) is 2.42. The van der Waals surface area contributed by atoms with Crippen molar-refractivity contribution in [2.24, 2.45) is 0 Å². The number of hydrogen-bond acceptors (Lipinski definition) is 2. The lowest BCUT2D eigenvalue weighted by Crippen LogP contribution is -1.98. The highest BCUT2D eigenvalue weighted by Crippen LogP contribution is 2.21. The zero-order chi connectivity index (χ0) is 13.0. The van der Waals surface area contributed by atoms with Crippen LogP contribution in [-0.2, 0) is 11.2 Å². The van der Waals surface area contributed by atoms with Gasteiger partial charge in [0.2, 0.25) is 0 Å². The van der Waals surface area contributed by atoms with Crippen molar-refractivity contribution in [2.45, 2.75) is 19.8 Å². The number of benzene rings is 1. The Hall–Kier alpha value is -1.87. The lowest BCUT2D eigenvalue weighted by molar-refractivity contribution is -0.136. The van der Waals surface area contributed by atoms with E-state index in [1.807, 2.05) is 43.3 Å². The van der Waals surface area contributed by atoms with E-state index in [4.69, 9.17) is 5.11 Å². The molecule has 2 aromatic rings. The summed E-state index contributed by atoms with van der Waals surface area (Å²) in [6.45, 7) is 2.04. The number of carboxylic acids is 1. The fourth-order valence-electron chi connectivity index (χ4n) is 1.89. The molecule has 0 fully saturated rings. The highest BCUT2D eigenvalue weighted by molar-refractivity contribution is 5.85. The minimum atomic E-state index is -0.774. The molecule has 0 amide bonds. The topological polar surface area (TPSA) is 50.2 Å². The lowest BCUT2D eigenvalue weighted by Gasteiger charge is -2.06. The van der Waals surface area contributed by atoms with Gasteiger partial charge in [0.25, 0.3) is 0 Å². The van der Waals surface area contributed by atoms with E-state index in [2.05, 4.69) is 4.98 Å². The first-order chi connectivity index (χ1) is 8.66. The van der Waals surface area contributed by atoms with Crippen LogP contribution in [0.5, 0.6) is 0 Å². The Labute approximate surface area is 118 Å². The number of pyridine rings is 1. The number of nitrogens with zero attached hydrogens (tertiary/aromatic N) is 1. The predicted octanol–water partition coefficient (Wildman–Crippen LogP) is 3.50. The second-order valence-electron chi connectivity index (χ2n) is 4.26. The largest absolute Gasteiger partial charge is 0.481 e. The summed E-state index contributed by atoms with van der Waals surface area (Å²) in [5, 5.41) is 8.69. The van der Waals surface area contributed by atoms with Crippen molar-refractivity contribution in [3.05, 3.63) is 53.7 Å². The van der Waals surface area contributed by atoms with Crippen molar-refractivity contribution in [3.63, 3.8) is 0 Å². The molecule has 0 aliphatic heterocycles. The van der Waals surface area contributed by atoms with Gasteiger partial charge in [-0.25, -0.2) is 0 Å². The number of rotatable bonds is 4. The van der Waals surface area contributed by atoms with Crippen LogP contribution in [0.1, 0.15) is 17.5 Å². The van der Waals surface area contributed by atoms with E-state index in [1.54, 1.807) is 6.20 Å². The van der Waals surface area contributed by atoms with Gasteiger partial charge in [-0.1, -0.05) is 24.3 Å². The lowest BCUT2D eigenvalue weighted by atomic mass is 10.0. The standard InChI is InChI=1S/C15H15NO2.ClH/c1-11-4-2-3-5-13(11)14-10-12(8-9-16-14)6-7-15(17)18;/h2-5,8-10H,6-7H2,1H3,(H,17,18);1H. The number of carboxylic acid groups (broad SMARTS) is 1. The molecular formula is C15H16ClNO2. The molecule has 0 aliphatic rings. The van der Waals surface area contributed by atoms with Crippen molar-refractivity contribution >= 4 is 18.4 Å². The molecule has 0 radical (unpaired) electrons. The van der Waals surface area contributed by atoms with Crippen LogP contribution in [0.2, 0.25) is 0 Å². The van der Waals surface area contributed by atoms with Gasteiger partial charge in [-0.05, 0) is 36.6 Å². The van der Waals surface area contributed by atoms with Crippen molar-refractivity contribution in [1.29, 1.82) is 0 Å². The molecule has 1 aromatic carbocycles. The maximum Gasteiger partial charge on any atom is 0.303 e.